The zero-order chi connectivity index (χ0) is 13.8. The fourth-order valence-electron chi connectivity index (χ4n) is 2.48. The molecule has 1 fully saturated rings. The van der Waals surface area contributed by atoms with Gasteiger partial charge in [0.15, 0.2) is 0 Å². The minimum absolute atomic E-state index is 0.144. The van der Waals surface area contributed by atoms with Gasteiger partial charge in [-0.2, -0.15) is 0 Å². The molecule has 2 atom stereocenters. The third kappa shape index (κ3) is 3.00. The molecule has 0 radical (unpaired) electrons. The number of nitrogens with zero attached hydrogens (tertiary/aromatic N) is 3. The average Bonchev–Trinajstić information content (AvgIpc) is 2.78. The highest BCUT2D eigenvalue weighted by molar-refractivity contribution is 9.10. The molecule has 0 spiro atoms. The molecule has 1 aromatic heterocycles. The third-order valence-corrected chi connectivity index (χ3v) is 4.39. The zero-order valence-corrected chi connectivity index (χ0v) is 13.0. The first kappa shape index (κ1) is 14.5. The van der Waals surface area contributed by atoms with Gasteiger partial charge in [-0.3, -0.25) is 0 Å². The van der Waals surface area contributed by atoms with Gasteiger partial charge in [0, 0.05) is 13.1 Å². The van der Waals surface area contributed by atoms with Gasteiger partial charge < -0.3 is 15.3 Å². The number of hydrogen-bond donors (Lipinski definition) is 2. The number of halogens is 1. The van der Waals surface area contributed by atoms with Crippen LogP contribution in [0.5, 0.6) is 0 Å². The maximum Gasteiger partial charge on any atom is 0.148 e. The van der Waals surface area contributed by atoms with Crippen LogP contribution in [-0.2, 0) is 0 Å². The van der Waals surface area contributed by atoms with Crippen LogP contribution in [-0.4, -0.2) is 40.8 Å². The Hall–Kier alpha value is -0.880. The molecule has 1 saturated heterocycles. The predicted octanol–water partition coefficient (Wildman–Crippen LogP) is 2.27. The van der Waals surface area contributed by atoms with Crippen LogP contribution >= 0.6 is 15.9 Å². The molecule has 2 heterocycles. The van der Waals surface area contributed by atoms with E-state index in [0.717, 1.165) is 42.0 Å². The van der Waals surface area contributed by atoms with Crippen molar-refractivity contribution in [3.63, 3.8) is 0 Å². The topological polar surface area (TPSA) is 61.3 Å². The van der Waals surface area contributed by atoms with Gasteiger partial charge in [0.1, 0.15) is 22.4 Å². The number of anilines is 2. The number of aromatic nitrogens is 2. The van der Waals surface area contributed by atoms with E-state index in [0.29, 0.717) is 5.92 Å². The minimum Gasteiger partial charge on any atom is -0.394 e. The van der Waals surface area contributed by atoms with Crippen LogP contribution in [0.15, 0.2) is 10.8 Å². The summed E-state index contributed by atoms with van der Waals surface area (Å²) in [5, 5.41) is 12.8. The average molecular weight is 329 g/mol. The van der Waals surface area contributed by atoms with E-state index < -0.39 is 0 Å². The molecule has 2 N–H and O–H groups in total. The molecule has 2 unspecified atom stereocenters. The number of nitrogens with one attached hydrogen (secondary N) is 1. The summed E-state index contributed by atoms with van der Waals surface area (Å²) in [5.74, 6) is 2.18. The molecule has 0 amide bonds. The molecular formula is C13H21BrN4O. The summed E-state index contributed by atoms with van der Waals surface area (Å²) in [6, 6.07) is 0.144. The summed E-state index contributed by atoms with van der Waals surface area (Å²) in [6.45, 7) is 6.26. The molecule has 0 bridgehead atoms. The summed E-state index contributed by atoms with van der Waals surface area (Å²) in [5.41, 5.74) is 0. The maximum absolute atomic E-state index is 9.55. The number of hydrogen-bond acceptors (Lipinski definition) is 5. The van der Waals surface area contributed by atoms with Crippen LogP contribution < -0.4 is 10.2 Å². The second kappa shape index (κ2) is 6.52. The Morgan fingerprint density at radius 3 is 3.00 bits per heavy atom. The molecular weight excluding hydrogens is 308 g/mol. The number of aliphatic hydroxyl groups is 1. The van der Waals surface area contributed by atoms with Gasteiger partial charge in [0.25, 0.3) is 0 Å². The largest absolute Gasteiger partial charge is 0.394 e. The van der Waals surface area contributed by atoms with Crippen molar-refractivity contribution < 1.29 is 5.11 Å². The first-order valence-electron chi connectivity index (χ1n) is 6.80. The second-order valence-electron chi connectivity index (χ2n) is 5.00. The molecule has 5 nitrogen and oxygen atoms in total. The van der Waals surface area contributed by atoms with Crippen LogP contribution in [0.2, 0.25) is 0 Å². The Morgan fingerprint density at radius 1 is 1.53 bits per heavy atom. The Kier molecular flexibility index (Phi) is 4.99. The molecule has 1 aromatic rings. The van der Waals surface area contributed by atoms with E-state index >= 15 is 0 Å². The van der Waals surface area contributed by atoms with Crippen molar-refractivity contribution in [2.45, 2.75) is 32.7 Å². The van der Waals surface area contributed by atoms with E-state index in [-0.39, 0.29) is 12.6 Å². The van der Waals surface area contributed by atoms with E-state index in [1.54, 1.807) is 6.33 Å². The van der Waals surface area contributed by atoms with Gasteiger partial charge in [-0.15, -0.1) is 0 Å². The zero-order valence-electron chi connectivity index (χ0n) is 11.4. The summed E-state index contributed by atoms with van der Waals surface area (Å²) < 4.78 is 0.885. The van der Waals surface area contributed by atoms with Gasteiger partial charge >= 0.3 is 0 Å². The standard InChI is InChI=1S/C13H21BrN4O/c1-3-5-15-12-11(14)13(17-8-16-12)18-6-4-9(2)10(18)7-19/h8-10,19H,3-7H2,1-2H3,(H,15,16,17). The van der Waals surface area contributed by atoms with Crippen molar-refractivity contribution in [1.29, 1.82) is 0 Å². The van der Waals surface area contributed by atoms with Gasteiger partial charge in [-0.1, -0.05) is 13.8 Å². The minimum atomic E-state index is 0.144. The Bertz CT molecular complexity index is 429. The van der Waals surface area contributed by atoms with E-state index in [4.69, 9.17) is 0 Å². The van der Waals surface area contributed by atoms with Gasteiger partial charge in [-0.25, -0.2) is 9.97 Å². The first-order chi connectivity index (χ1) is 9.19. The lowest BCUT2D eigenvalue weighted by Gasteiger charge is -2.27. The summed E-state index contributed by atoms with van der Waals surface area (Å²) in [7, 11) is 0. The van der Waals surface area contributed by atoms with Crippen molar-refractivity contribution in [2.75, 3.05) is 29.9 Å². The fourth-order valence-corrected chi connectivity index (χ4v) is 3.05. The number of aliphatic hydroxyl groups excluding tert-OH is 1. The summed E-state index contributed by atoms with van der Waals surface area (Å²) >= 11 is 3.59. The smallest absolute Gasteiger partial charge is 0.148 e. The highest BCUT2D eigenvalue weighted by atomic mass is 79.9. The molecule has 1 aliphatic heterocycles. The van der Waals surface area contributed by atoms with E-state index in [9.17, 15) is 5.11 Å². The first-order valence-corrected chi connectivity index (χ1v) is 7.60. The molecule has 0 saturated carbocycles. The van der Waals surface area contributed by atoms with E-state index in [1.807, 2.05) is 0 Å². The van der Waals surface area contributed by atoms with Crippen LogP contribution in [0.25, 0.3) is 0 Å². The Morgan fingerprint density at radius 2 is 2.32 bits per heavy atom. The summed E-state index contributed by atoms with van der Waals surface area (Å²) in [4.78, 5) is 10.8. The lowest BCUT2D eigenvalue weighted by atomic mass is 10.0. The summed E-state index contributed by atoms with van der Waals surface area (Å²) in [6.07, 6.45) is 3.71. The van der Waals surface area contributed by atoms with E-state index in [1.165, 1.54) is 0 Å². The van der Waals surface area contributed by atoms with Crippen LogP contribution in [0, 0.1) is 5.92 Å². The molecule has 106 valence electrons. The highest BCUT2D eigenvalue weighted by Gasteiger charge is 2.33. The SMILES string of the molecule is CCCNc1ncnc(N2CCC(C)C2CO)c1Br. The molecule has 6 heteroatoms. The lowest BCUT2D eigenvalue weighted by molar-refractivity contribution is 0.244. The van der Waals surface area contributed by atoms with Crippen LogP contribution in [0.3, 0.4) is 0 Å². The fraction of sp³-hybridized carbons (Fsp3) is 0.692. The van der Waals surface area contributed by atoms with Crippen LogP contribution in [0.4, 0.5) is 11.6 Å². The molecule has 1 aliphatic rings. The van der Waals surface area contributed by atoms with E-state index in [2.05, 4.69) is 50.0 Å². The maximum atomic E-state index is 9.55. The highest BCUT2D eigenvalue weighted by Crippen LogP contribution is 2.35. The molecule has 0 aromatic carbocycles. The van der Waals surface area contributed by atoms with Crippen molar-refractivity contribution in [2.24, 2.45) is 5.92 Å². The quantitative estimate of drug-likeness (QED) is 0.868. The lowest BCUT2D eigenvalue weighted by Crippen LogP contribution is -2.36. The monoisotopic (exact) mass is 328 g/mol. The van der Waals surface area contributed by atoms with Gasteiger partial charge in [-0.05, 0) is 34.7 Å². The molecule has 2 rings (SSSR count). The third-order valence-electron chi connectivity index (χ3n) is 3.66. The predicted molar refractivity (Wildman–Crippen MR) is 80.5 cm³/mol. The normalized spacial score (nSPS) is 22.8. The van der Waals surface area contributed by atoms with Gasteiger partial charge in [0.2, 0.25) is 0 Å². The second-order valence-corrected chi connectivity index (χ2v) is 5.79. The van der Waals surface area contributed by atoms with Crippen molar-refractivity contribution in [3.8, 4) is 0 Å². The molecule has 19 heavy (non-hydrogen) atoms. The van der Waals surface area contributed by atoms with Crippen molar-refractivity contribution in [3.05, 3.63) is 10.8 Å². The van der Waals surface area contributed by atoms with Gasteiger partial charge in [0.05, 0.1) is 12.6 Å². The Balaban J connectivity index is 2.24. The Labute approximate surface area is 122 Å². The van der Waals surface area contributed by atoms with Crippen molar-refractivity contribution >= 4 is 27.6 Å². The number of rotatable bonds is 5. The molecule has 0 aliphatic carbocycles. The van der Waals surface area contributed by atoms with Crippen molar-refractivity contribution in [1.82, 2.24) is 9.97 Å². The van der Waals surface area contributed by atoms with Crippen LogP contribution in [0.1, 0.15) is 26.7 Å².